The van der Waals surface area contributed by atoms with Crippen LogP contribution in [0.25, 0.3) is 0 Å². The van der Waals surface area contributed by atoms with Crippen LogP contribution < -0.4 is 5.19 Å². The van der Waals surface area contributed by atoms with Crippen molar-refractivity contribution in [3.05, 3.63) is 60.2 Å². The highest BCUT2D eigenvalue weighted by atomic mass is 32.2. The lowest BCUT2D eigenvalue weighted by Crippen LogP contribution is -2.39. The molecular weight excluding hydrogens is 332 g/mol. The molecule has 2 aromatic rings. The molecule has 0 spiro atoms. The monoisotopic (exact) mass is 358 g/mol. The van der Waals surface area contributed by atoms with Crippen LogP contribution in [0.2, 0.25) is 19.6 Å². The minimum Gasteiger partial charge on any atom is -0.469 e. The molecule has 0 aromatic heterocycles. The fourth-order valence-electron chi connectivity index (χ4n) is 2.67. The van der Waals surface area contributed by atoms with E-state index in [0.29, 0.717) is 6.42 Å². The molecule has 2 rings (SSSR count). The fraction of sp³-hybridized carbons (Fsp3) is 0.350. The summed E-state index contributed by atoms with van der Waals surface area (Å²) in [6, 6.07) is 19.0. The second-order valence-electron chi connectivity index (χ2n) is 6.96. The van der Waals surface area contributed by atoms with E-state index in [1.165, 1.54) is 22.8 Å². The third-order valence-electron chi connectivity index (χ3n) is 3.92. The van der Waals surface area contributed by atoms with E-state index >= 15 is 0 Å². The van der Waals surface area contributed by atoms with Crippen LogP contribution in [-0.4, -0.2) is 26.4 Å². The normalized spacial score (nSPS) is 12.7. The van der Waals surface area contributed by atoms with Crippen LogP contribution in [0.4, 0.5) is 0 Å². The third kappa shape index (κ3) is 5.53. The van der Waals surface area contributed by atoms with Gasteiger partial charge in [0.2, 0.25) is 0 Å². The Labute approximate surface area is 150 Å². The van der Waals surface area contributed by atoms with Crippen molar-refractivity contribution >= 4 is 31.0 Å². The van der Waals surface area contributed by atoms with Crippen LogP contribution in [0, 0.1) is 0 Å². The molecule has 0 fully saturated rings. The largest absolute Gasteiger partial charge is 0.469 e. The molecule has 0 aliphatic carbocycles. The molecule has 0 N–H and O–H groups in total. The molecule has 0 bridgehead atoms. The van der Waals surface area contributed by atoms with Crippen molar-refractivity contribution in [3.8, 4) is 0 Å². The molecule has 4 heteroatoms. The maximum Gasteiger partial charge on any atom is 0.306 e. The first-order valence-corrected chi connectivity index (χ1v) is 12.6. The average Bonchev–Trinajstić information content (AvgIpc) is 2.55. The lowest BCUT2D eigenvalue weighted by Gasteiger charge is -2.23. The van der Waals surface area contributed by atoms with Crippen molar-refractivity contribution in [1.82, 2.24) is 0 Å². The van der Waals surface area contributed by atoms with Gasteiger partial charge < -0.3 is 4.74 Å². The number of ether oxygens (including phenoxy) is 1. The Balaban J connectivity index is 2.24. The number of methoxy groups -OCH3 is 1. The van der Waals surface area contributed by atoms with Gasteiger partial charge in [0, 0.05) is 10.1 Å². The van der Waals surface area contributed by atoms with Gasteiger partial charge in [0.25, 0.3) is 0 Å². The summed E-state index contributed by atoms with van der Waals surface area (Å²) in [4.78, 5) is 13.2. The Morgan fingerprint density at radius 3 is 2.29 bits per heavy atom. The van der Waals surface area contributed by atoms with E-state index in [0.717, 1.165) is 6.42 Å². The number of hydrogen-bond donors (Lipinski definition) is 0. The number of hydrogen-bond acceptors (Lipinski definition) is 3. The van der Waals surface area contributed by atoms with Gasteiger partial charge in [0.15, 0.2) is 0 Å². The highest BCUT2D eigenvalue weighted by Gasteiger charge is 2.23. The van der Waals surface area contributed by atoms with Gasteiger partial charge in [-0.1, -0.05) is 68.2 Å². The molecule has 0 aliphatic rings. The number of thioether (sulfide) groups is 1. The first-order chi connectivity index (χ1) is 11.4. The lowest BCUT2D eigenvalue weighted by atomic mass is 10.1. The van der Waals surface area contributed by atoms with Crippen LogP contribution >= 0.6 is 11.8 Å². The van der Waals surface area contributed by atoms with E-state index < -0.39 is 8.07 Å². The quantitative estimate of drug-likeness (QED) is 0.414. The summed E-state index contributed by atoms with van der Waals surface area (Å²) in [6.07, 6.45) is 1.29. The summed E-state index contributed by atoms with van der Waals surface area (Å²) in [5.74, 6) is -0.145. The Morgan fingerprint density at radius 1 is 1.04 bits per heavy atom. The molecular formula is C20H26O2SSi. The van der Waals surface area contributed by atoms with E-state index in [1.54, 1.807) is 0 Å². The summed E-state index contributed by atoms with van der Waals surface area (Å²) in [5.41, 5.74) is 1.25. The van der Waals surface area contributed by atoms with Gasteiger partial charge in [-0.05, 0) is 23.2 Å². The second kappa shape index (κ2) is 8.54. The minimum absolute atomic E-state index is 0.145. The highest BCUT2D eigenvalue weighted by molar-refractivity contribution is 8.00. The van der Waals surface area contributed by atoms with Gasteiger partial charge in [-0.25, -0.2) is 0 Å². The first-order valence-electron chi connectivity index (χ1n) is 8.27. The lowest BCUT2D eigenvalue weighted by molar-refractivity contribution is -0.140. The standard InChI is InChI=1S/C20H26O2SSi/c1-22-20(21)15-17(14-16-10-6-5-7-11-16)23-18-12-8-9-13-19(18)24(2,3)4/h5-13,17H,14-15H2,1-4H3/t17-/m1/s1. The van der Waals surface area contributed by atoms with Crippen molar-refractivity contribution < 1.29 is 9.53 Å². The summed E-state index contributed by atoms with van der Waals surface area (Å²) in [6.45, 7) is 7.08. The average molecular weight is 359 g/mol. The van der Waals surface area contributed by atoms with Gasteiger partial charge in [-0.3, -0.25) is 4.79 Å². The molecule has 2 nitrogen and oxygen atoms in total. The molecule has 0 aliphatic heterocycles. The molecule has 1 atom stereocenters. The fourth-order valence-corrected chi connectivity index (χ4v) is 6.39. The zero-order valence-electron chi connectivity index (χ0n) is 14.9. The van der Waals surface area contributed by atoms with Gasteiger partial charge >= 0.3 is 5.97 Å². The van der Waals surface area contributed by atoms with Crippen LogP contribution in [0.5, 0.6) is 0 Å². The number of rotatable bonds is 7. The van der Waals surface area contributed by atoms with Crippen LogP contribution in [0.3, 0.4) is 0 Å². The second-order valence-corrected chi connectivity index (χ2v) is 13.3. The van der Waals surface area contributed by atoms with Crippen molar-refractivity contribution in [3.63, 3.8) is 0 Å². The Morgan fingerprint density at radius 2 is 1.67 bits per heavy atom. The van der Waals surface area contributed by atoms with Crippen molar-refractivity contribution in [2.75, 3.05) is 7.11 Å². The molecule has 0 heterocycles. The molecule has 0 unspecified atom stereocenters. The minimum atomic E-state index is -1.42. The van der Waals surface area contributed by atoms with Gasteiger partial charge in [0.1, 0.15) is 0 Å². The number of carbonyl (C=O) groups is 1. The van der Waals surface area contributed by atoms with E-state index in [4.69, 9.17) is 4.74 Å². The number of esters is 1. The zero-order valence-corrected chi connectivity index (χ0v) is 16.7. The van der Waals surface area contributed by atoms with Crippen molar-refractivity contribution in [1.29, 1.82) is 0 Å². The Hall–Kier alpha value is -1.52. The van der Waals surface area contributed by atoms with Crippen LogP contribution in [-0.2, 0) is 16.0 Å². The van der Waals surface area contributed by atoms with Gasteiger partial charge in [-0.15, -0.1) is 11.8 Å². The number of carbonyl (C=O) groups excluding carboxylic acids is 1. The third-order valence-corrected chi connectivity index (χ3v) is 7.43. The van der Waals surface area contributed by atoms with E-state index in [-0.39, 0.29) is 11.2 Å². The summed E-state index contributed by atoms with van der Waals surface area (Å²) in [5, 5.41) is 1.63. The Kier molecular flexibility index (Phi) is 6.69. The SMILES string of the molecule is COC(=O)C[C@@H](Cc1ccccc1)Sc1ccccc1[Si](C)(C)C. The molecule has 0 amide bonds. The highest BCUT2D eigenvalue weighted by Crippen LogP contribution is 2.29. The zero-order chi connectivity index (χ0) is 17.6. The number of benzene rings is 2. The topological polar surface area (TPSA) is 26.3 Å². The first kappa shape index (κ1) is 18.8. The molecule has 0 radical (unpaired) electrons. The molecule has 24 heavy (non-hydrogen) atoms. The van der Waals surface area contributed by atoms with Gasteiger partial charge in [0.05, 0.1) is 21.6 Å². The molecule has 2 aromatic carbocycles. The van der Waals surface area contributed by atoms with Gasteiger partial charge in [-0.2, -0.15) is 0 Å². The summed E-state index contributed by atoms with van der Waals surface area (Å²) in [7, 11) is 0.0389. The molecule has 0 saturated heterocycles. The smallest absolute Gasteiger partial charge is 0.306 e. The van der Waals surface area contributed by atoms with E-state index in [1.807, 2.05) is 30.0 Å². The maximum absolute atomic E-state index is 11.9. The Bertz CT molecular complexity index is 665. The predicted molar refractivity (Wildman–Crippen MR) is 106 cm³/mol. The van der Waals surface area contributed by atoms with E-state index in [9.17, 15) is 4.79 Å². The predicted octanol–water partition coefficient (Wildman–Crippen LogP) is 4.50. The molecule has 0 saturated carbocycles. The summed E-state index contributed by atoms with van der Waals surface area (Å²) >= 11 is 1.81. The van der Waals surface area contributed by atoms with Crippen molar-refractivity contribution in [2.45, 2.75) is 42.6 Å². The molecule has 128 valence electrons. The van der Waals surface area contributed by atoms with E-state index in [2.05, 4.69) is 56.0 Å². The van der Waals surface area contributed by atoms with Crippen LogP contribution in [0.15, 0.2) is 59.5 Å². The van der Waals surface area contributed by atoms with Crippen LogP contribution in [0.1, 0.15) is 12.0 Å². The summed E-state index contributed by atoms with van der Waals surface area (Å²) < 4.78 is 4.91. The maximum atomic E-state index is 11.9. The van der Waals surface area contributed by atoms with Crippen molar-refractivity contribution in [2.24, 2.45) is 0 Å².